The molecule has 0 aliphatic rings. The van der Waals surface area contributed by atoms with E-state index in [-0.39, 0.29) is 0 Å². The molecule has 1 aromatic carbocycles. The largest absolute Gasteiger partial charge is 0.422 e. The molecule has 0 fully saturated rings. The Morgan fingerprint density at radius 1 is 0.545 bits per heavy atom. The molecule has 0 bridgehead atoms. The SMILES string of the molecule is N#CCc1c(F)c(C(F)(F)F)c(F)c(F)c1C(F)(F)F.N#CCc1c(F)c(F)nc(F)c1F. The minimum absolute atomic E-state index is 0.742. The van der Waals surface area contributed by atoms with Gasteiger partial charge in [0.2, 0.25) is 0 Å². The Kier molecular flexibility index (Phi) is 8.27. The summed E-state index contributed by atoms with van der Waals surface area (Å²) in [6.45, 7) is 0. The minimum Gasteiger partial charge on any atom is -0.206 e. The van der Waals surface area contributed by atoms with Crippen LogP contribution in [0, 0.1) is 63.6 Å². The summed E-state index contributed by atoms with van der Waals surface area (Å²) in [6, 6.07) is 2.35. The molecule has 0 unspecified atom stereocenters. The number of pyridine rings is 1. The highest BCUT2D eigenvalue weighted by molar-refractivity contribution is 5.41. The Labute approximate surface area is 174 Å². The van der Waals surface area contributed by atoms with Gasteiger partial charge in [-0.05, 0) is 0 Å². The monoisotopic (exact) mass is 497 g/mol. The van der Waals surface area contributed by atoms with E-state index in [0.29, 0.717) is 0 Å². The van der Waals surface area contributed by atoms with Crippen LogP contribution in [0.15, 0.2) is 0 Å². The lowest BCUT2D eigenvalue weighted by molar-refractivity contribution is -0.148. The molecule has 2 rings (SSSR count). The lowest BCUT2D eigenvalue weighted by Crippen LogP contribution is -2.21. The zero-order valence-electron chi connectivity index (χ0n) is 15.2. The number of hydrogen-bond acceptors (Lipinski definition) is 3. The number of alkyl halides is 6. The molecule has 0 amide bonds. The summed E-state index contributed by atoms with van der Waals surface area (Å²) < 4.78 is 164. The highest BCUT2D eigenvalue weighted by Crippen LogP contribution is 2.42. The van der Waals surface area contributed by atoms with Gasteiger partial charge >= 0.3 is 12.4 Å². The van der Waals surface area contributed by atoms with Gasteiger partial charge in [0.25, 0.3) is 11.9 Å². The first-order chi connectivity index (χ1) is 15.0. The van der Waals surface area contributed by atoms with Crippen LogP contribution in [0.5, 0.6) is 0 Å². The third-order valence-electron chi connectivity index (χ3n) is 3.58. The Bertz CT molecular complexity index is 1110. The standard InChI is InChI=1S/C10H2F9N.C7H2F4N2/c11-6-3(1-2-20)4(9(14,15)16)7(12)8(13)5(6)10(17,18)19;8-4-3(1-2-12)5(9)7(11)13-6(4)10/h1H2;1H2. The van der Waals surface area contributed by atoms with Gasteiger partial charge in [-0.2, -0.15) is 50.6 Å². The highest BCUT2D eigenvalue weighted by Gasteiger charge is 2.47. The van der Waals surface area contributed by atoms with Crippen molar-refractivity contribution in [2.45, 2.75) is 25.2 Å². The predicted octanol–water partition coefficient (Wildman–Crippen LogP) is 5.91. The van der Waals surface area contributed by atoms with Gasteiger partial charge < -0.3 is 0 Å². The van der Waals surface area contributed by atoms with Crippen LogP contribution in [-0.4, -0.2) is 4.98 Å². The molecule has 0 aliphatic heterocycles. The van der Waals surface area contributed by atoms with Gasteiger partial charge in [0.15, 0.2) is 23.3 Å². The molecule has 2 aromatic rings. The van der Waals surface area contributed by atoms with Gasteiger partial charge in [-0.3, -0.25) is 0 Å². The quantitative estimate of drug-likeness (QED) is 0.295. The van der Waals surface area contributed by atoms with E-state index in [4.69, 9.17) is 10.5 Å². The first kappa shape index (κ1) is 27.5. The van der Waals surface area contributed by atoms with Gasteiger partial charge in [0.05, 0.1) is 25.0 Å². The second kappa shape index (κ2) is 9.93. The smallest absolute Gasteiger partial charge is 0.206 e. The molecule has 0 saturated carbocycles. The maximum Gasteiger partial charge on any atom is 0.422 e. The Morgan fingerprint density at radius 3 is 1.27 bits per heavy atom. The summed E-state index contributed by atoms with van der Waals surface area (Å²) in [6.07, 6.45) is -13.6. The van der Waals surface area contributed by atoms with Crippen molar-refractivity contribution in [2.75, 3.05) is 0 Å². The summed E-state index contributed by atoms with van der Waals surface area (Å²) in [5, 5.41) is 16.3. The van der Waals surface area contributed by atoms with Crippen LogP contribution >= 0.6 is 0 Å². The fourth-order valence-corrected chi connectivity index (χ4v) is 2.26. The number of rotatable bonds is 2. The van der Waals surface area contributed by atoms with E-state index in [1.165, 1.54) is 6.07 Å². The highest BCUT2D eigenvalue weighted by atomic mass is 19.4. The summed E-state index contributed by atoms with van der Waals surface area (Å²) in [4.78, 5) is 2.32. The lowest BCUT2D eigenvalue weighted by atomic mass is 9.98. The first-order valence-electron chi connectivity index (χ1n) is 7.77. The van der Waals surface area contributed by atoms with Crippen LogP contribution in [0.2, 0.25) is 0 Å². The zero-order chi connectivity index (χ0) is 25.9. The van der Waals surface area contributed by atoms with Crippen LogP contribution in [0.4, 0.5) is 57.1 Å². The van der Waals surface area contributed by atoms with Crippen molar-refractivity contribution in [3.63, 3.8) is 0 Å². The third-order valence-corrected chi connectivity index (χ3v) is 3.58. The summed E-state index contributed by atoms with van der Waals surface area (Å²) >= 11 is 0. The molecule has 1 heterocycles. The predicted molar refractivity (Wildman–Crippen MR) is 79.0 cm³/mol. The number of benzene rings is 1. The molecule has 0 aliphatic carbocycles. The molecule has 0 atom stereocenters. The van der Waals surface area contributed by atoms with Crippen molar-refractivity contribution in [3.8, 4) is 12.1 Å². The molecule has 0 N–H and O–H groups in total. The molecule has 0 spiro atoms. The molecule has 1 aromatic heterocycles. The van der Waals surface area contributed by atoms with E-state index >= 15 is 0 Å². The second-order valence-corrected chi connectivity index (χ2v) is 5.64. The Morgan fingerprint density at radius 2 is 0.909 bits per heavy atom. The normalized spacial score (nSPS) is 11.4. The van der Waals surface area contributed by atoms with E-state index in [1.807, 2.05) is 0 Å². The topological polar surface area (TPSA) is 60.5 Å². The molecule has 16 heteroatoms. The van der Waals surface area contributed by atoms with Crippen molar-refractivity contribution in [1.82, 2.24) is 4.98 Å². The van der Waals surface area contributed by atoms with Crippen molar-refractivity contribution < 1.29 is 57.1 Å². The van der Waals surface area contributed by atoms with Crippen LogP contribution in [0.25, 0.3) is 0 Å². The average molecular weight is 497 g/mol. The Balaban J connectivity index is 0.000000361. The van der Waals surface area contributed by atoms with Crippen molar-refractivity contribution in [1.29, 1.82) is 10.5 Å². The summed E-state index contributed by atoms with van der Waals surface area (Å²) in [7, 11) is 0. The van der Waals surface area contributed by atoms with Gasteiger partial charge in [0.1, 0.15) is 16.9 Å². The van der Waals surface area contributed by atoms with E-state index in [0.717, 1.165) is 6.07 Å². The van der Waals surface area contributed by atoms with Crippen molar-refractivity contribution in [3.05, 3.63) is 63.2 Å². The average Bonchev–Trinajstić information content (AvgIpc) is 2.66. The van der Waals surface area contributed by atoms with Crippen molar-refractivity contribution in [2.24, 2.45) is 0 Å². The van der Waals surface area contributed by atoms with Crippen LogP contribution in [0.1, 0.15) is 22.3 Å². The number of halogens is 13. The van der Waals surface area contributed by atoms with E-state index in [1.54, 1.807) is 0 Å². The van der Waals surface area contributed by atoms with Gasteiger partial charge in [0, 0.05) is 11.1 Å². The number of nitriles is 2. The fourth-order valence-electron chi connectivity index (χ4n) is 2.26. The minimum atomic E-state index is -5.75. The maximum absolute atomic E-state index is 13.4. The van der Waals surface area contributed by atoms with Gasteiger partial charge in [-0.15, -0.1) is 0 Å². The molecule has 33 heavy (non-hydrogen) atoms. The van der Waals surface area contributed by atoms with Gasteiger partial charge in [-0.25, -0.2) is 22.0 Å². The molecule has 0 saturated heterocycles. The molecule has 3 nitrogen and oxygen atoms in total. The second-order valence-electron chi connectivity index (χ2n) is 5.64. The molecule has 0 radical (unpaired) electrons. The number of nitrogens with zero attached hydrogens (tertiary/aromatic N) is 3. The van der Waals surface area contributed by atoms with E-state index in [2.05, 4.69) is 4.98 Å². The van der Waals surface area contributed by atoms with Crippen LogP contribution in [0.3, 0.4) is 0 Å². The van der Waals surface area contributed by atoms with Crippen LogP contribution < -0.4 is 0 Å². The molecule has 178 valence electrons. The van der Waals surface area contributed by atoms with Crippen molar-refractivity contribution >= 4 is 0 Å². The van der Waals surface area contributed by atoms with E-state index < -0.39 is 88.4 Å². The lowest BCUT2D eigenvalue weighted by Gasteiger charge is -2.18. The maximum atomic E-state index is 13.4. The Hall–Kier alpha value is -3.56. The zero-order valence-corrected chi connectivity index (χ0v) is 15.2. The third kappa shape index (κ3) is 5.82. The van der Waals surface area contributed by atoms with Crippen LogP contribution in [-0.2, 0) is 25.2 Å². The first-order valence-corrected chi connectivity index (χ1v) is 7.77. The molecular weight excluding hydrogens is 493 g/mol. The molecular formula is C17H4F13N3. The number of aromatic nitrogens is 1. The van der Waals surface area contributed by atoms with Gasteiger partial charge in [-0.1, -0.05) is 0 Å². The number of hydrogen-bond donors (Lipinski definition) is 0. The summed E-state index contributed by atoms with van der Waals surface area (Å²) in [5.41, 5.74) is -8.17. The van der Waals surface area contributed by atoms with E-state index in [9.17, 15) is 57.1 Å². The fraction of sp³-hybridized carbons (Fsp3) is 0.235. The summed E-state index contributed by atoms with van der Waals surface area (Å²) in [5.74, 6) is -15.3.